The molecule has 0 aliphatic rings. The van der Waals surface area contributed by atoms with Crippen LogP contribution in [0, 0.1) is 0 Å². The third-order valence-electron chi connectivity index (χ3n) is 8.40. The molecule has 9 nitrogen and oxygen atoms in total. The minimum absolute atomic E-state index is 0.00362. The fraction of sp³-hybridized carbons (Fsp3) is 0.263. The van der Waals surface area contributed by atoms with Crippen LogP contribution < -0.4 is 5.32 Å². The average Bonchev–Trinajstić information content (AvgIpc) is 3.57. The Labute approximate surface area is 290 Å². The van der Waals surface area contributed by atoms with E-state index in [0.29, 0.717) is 17.7 Å². The zero-order valence-electron chi connectivity index (χ0n) is 28.2. The van der Waals surface area contributed by atoms with E-state index in [1.807, 2.05) is 42.5 Å². The number of benzene rings is 4. The number of carbonyl (C=O) groups is 1. The van der Waals surface area contributed by atoms with E-state index in [1.165, 1.54) is 24.0 Å². The molecule has 11 heteroatoms. The van der Waals surface area contributed by atoms with E-state index in [2.05, 4.69) is 55.5 Å². The molecular weight excluding hydrogens is 659 g/mol. The van der Waals surface area contributed by atoms with Crippen LogP contribution in [0.2, 0.25) is 0 Å². The van der Waals surface area contributed by atoms with Crippen LogP contribution in [0.1, 0.15) is 59.4 Å². The summed E-state index contributed by atoms with van der Waals surface area (Å²) in [5, 5.41) is 7.20. The molecule has 0 saturated heterocycles. The molecular formula is C38H41N3O6S2. The van der Waals surface area contributed by atoms with Gasteiger partial charge in [-0.25, -0.2) is 16.9 Å². The molecule has 2 unspecified atom stereocenters. The Morgan fingerprint density at radius 2 is 1.55 bits per heavy atom. The molecule has 2 atom stereocenters. The second kappa shape index (κ2) is 15.0. The summed E-state index contributed by atoms with van der Waals surface area (Å²) < 4.78 is 52.0. The van der Waals surface area contributed by atoms with Crippen molar-refractivity contribution in [3.63, 3.8) is 0 Å². The van der Waals surface area contributed by atoms with E-state index >= 15 is 0 Å². The SMILES string of the molecule is CN(C)S(=O)(=O)c1ccc(-c2cccc(-c3cc(C(Cc4ccc(C(=O)NCCS(=O)O)cc4)c4ccc(C(C)(C)C)cc4)no3)c2)cc1. The number of carbonyl (C=O) groups excluding carboxylic acids is 1. The highest BCUT2D eigenvalue weighted by atomic mass is 32.2. The molecule has 0 aliphatic carbocycles. The predicted molar refractivity (Wildman–Crippen MR) is 193 cm³/mol. The van der Waals surface area contributed by atoms with Crippen LogP contribution in [-0.2, 0) is 32.9 Å². The number of hydrogen-bond donors (Lipinski definition) is 2. The maximum absolute atomic E-state index is 12.5. The molecule has 1 amide bonds. The first-order valence-electron chi connectivity index (χ1n) is 15.9. The summed E-state index contributed by atoms with van der Waals surface area (Å²) in [6.45, 7) is 6.65. The van der Waals surface area contributed by atoms with E-state index in [0.717, 1.165) is 33.5 Å². The monoisotopic (exact) mass is 699 g/mol. The quantitative estimate of drug-likeness (QED) is 0.136. The highest BCUT2D eigenvalue weighted by Crippen LogP contribution is 2.34. The first-order chi connectivity index (χ1) is 23.2. The molecule has 5 rings (SSSR count). The second-order valence-corrected chi connectivity index (χ2v) is 16.3. The van der Waals surface area contributed by atoms with Gasteiger partial charge in [0.1, 0.15) is 0 Å². The van der Waals surface area contributed by atoms with E-state index in [1.54, 1.807) is 36.4 Å². The Morgan fingerprint density at radius 1 is 0.898 bits per heavy atom. The Morgan fingerprint density at radius 3 is 2.16 bits per heavy atom. The molecule has 1 aromatic heterocycles. The van der Waals surface area contributed by atoms with Gasteiger partial charge in [0.25, 0.3) is 5.91 Å². The number of nitrogens with one attached hydrogen (secondary N) is 1. The second-order valence-electron chi connectivity index (χ2n) is 13.1. The van der Waals surface area contributed by atoms with Crippen LogP contribution in [0.5, 0.6) is 0 Å². The Hall–Kier alpha value is -4.42. The van der Waals surface area contributed by atoms with Gasteiger partial charge in [-0.05, 0) is 70.0 Å². The molecule has 1 heterocycles. The molecule has 0 fully saturated rings. The van der Waals surface area contributed by atoms with Crippen LogP contribution in [0.15, 0.2) is 113 Å². The lowest BCUT2D eigenvalue weighted by Crippen LogP contribution is -2.27. The van der Waals surface area contributed by atoms with E-state index < -0.39 is 21.1 Å². The molecule has 0 saturated carbocycles. The minimum Gasteiger partial charge on any atom is -0.356 e. The molecule has 2 N–H and O–H groups in total. The van der Waals surface area contributed by atoms with Gasteiger partial charge in [-0.1, -0.05) is 92.7 Å². The summed E-state index contributed by atoms with van der Waals surface area (Å²) >= 11 is -1.97. The predicted octanol–water partition coefficient (Wildman–Crippen LogP) is 6.88. The zero-order valence-corrected chi connectivity index (χ0v) is 29.8. The Kier molecular flexibility index (Phi) is 11.0. The summed E-state index contributed by atoms with van der Waals surface area (Å²) in [7, 11) is -0.505. The smallest absolute Gasteiger partial charge is 0.251 e. The number of hydrogen-bond acceptors (Lipinski definition) is 6. The van der Waals surface area contributed by atoms with Gasteiger partial charge in [0.05, 0.1) is 16.3 Å². The van der Waals surface area contributed by atoms with E-state index in [9.17, 15) is 17.4 Å². The molecule has 49 heavy (non-hydrogen) atoms. The summed E-state index contributed by atoms with van der Waals surface area (Å²) in [5.41, 5.74) is 7.16. The van der Waals surface area contributed by atoms with Crippen molar-refractivity contribution in [1.29, 1.82) is 0 Å². The molecule has 5 aromatic rings. The van der Waals surface area contributed by atoms with Crippen molar-refractivity contribution in [1.82, 2.24) is 14.8 Å². The number of nitrogens with zero attached hydrogens (tertiary/aromatic N) is 2. The molecule has 0 radical (unpaired) electrons. The van der Waals surface area contributed by atoms with Gasteiger partial charge in [0.2, 0.25) is 10.0 Å². The fourth-order valence-corrected chi connectivity index (χ4v) is 6.64. The maximum atomic E-state index is 12.5. The van der Waals surface area contributed by atoms with Gasteiger partial charge >= 0.3 is 0 Å². The highest BCUT2D eigenvalue weighted by Gasteiger charge is 2.22. The van der Waals surface area contributed by atoms with Crippen molar-refractivity contribution in [2.24, 2.45) is 0 Å². The highest BCUT2D eigenvalue weighted by molar-refractivity contribution is 7.89. The Bertz CT molecular complexity index is 2030. The van der Waals surface area contributed by atoms with Crippen molar-refractivity contribution >= 4 is 27.0 Å². The van der Waals surface area contributed by atoms with Crippen molar-refractivity contribution in [3.8, 4) is 22.5 Å². The zero-order chi connectivity index (χ0) is 35.3. The standard InChI is InChI=1S/C38H41N3O6S2/c1-38(2,3)32-17-13-28(14-18-32)34(23-26-9-11-29(12-10-26)37(42)39-21-22-48(43)44)35-25-36(47-40-35)31-8-6-7-30(24-31)27-15-19-33(20-16-27)49(45,46)41(4)5/h6-20,24-25,34H,21-23H2,1-5H3,(H,39,42)(H,43,44). The van der Waals surface area contributed by atoms with Gasteiger partial charge in [0, 0.05) is 43.8 Å². The van der Waals surface area contributed by atoms with Crippen molar-refractivity contribution < 1.29 is 26.5 Å². The molecule has 256 valence electrons. The summed E-state index contributed by atoms with van der Waals surface area (Å²) in [4.78, 5) is 12.7. The largest absolute Gasteiger partial charge is 0.356 e. The van der Waals surface area contributed by atoms with Crippen LogP contribution >= 0.6 is 0 Å². The van der Waals surface area contributed by atoms with Crippen molar-refractivity contribution in [2.45, 2.75) is 43.4 Å². The molecule has 0 spiro atoms. The van der Waals surface area contributed by atoms with Gasteiger partial charge in [0.15, 0.2) is 16.8 Å². The topological polar surface area (TPSA) is 130 Å². The molecule has 0 aliphatic heterocycles. The van der Waals surface area contributed by atoms with Crippen molar-refractivity contribution in [2.75, 3.05) is 26.4 Å². The lowest BCUT2D eigenvalue weighted by Gasteiger charge is -2.21. The van der Waals surface area contributed by atoms with Gasteiger partial charge in [-0.15, -0.1) is 0 Å². The first kappa shape index (κ1) is 35.9. The molecule has 4 aromatic carbocycles. The van der Waals surface area contributed by atoms with E-state index in [4.69, 9.17) is 9.08 Å². The third kappa shape index (κ3) is 8.79. The van der Waals surface area contributed by atoms with Crippen LogP contribution in [0.25, 0.3) is 22.5 Å². The van der Waals surface area contributed by atoms with Gasteiger partial charge in [-0.3, -0.25) is 4.79 Å². The minimum atomic E-state index is -3.52. The normalized spacial score (nSPS) is 13.3. The summed E-state index contributed by atoms with van der Waals surface area (Å²) in [5.74, 6) is 0.139. The summed E-state index contributed by atoms with van der Waals surface area (Å²) in [6.07, 6.45) is 0.606. The van der Waals surface area contributed by atoms with Crippen LogP contribution in [0.4, 0.5) is 0 Å². The van der Waals surface area contributed by atoms with Crippen LogP contribution in [-0.4, -0.2) is 58.9 Å². The van der Waals surface area contributed by atoms with Gasteiger partial charge in [-0.2, -0.15) is 0 Å². The third-order valence-corrected chi connectivity index (χ3v) is 10.8. The maximum Gasteiger partial charge on any atom is 0.251 e. The van der Waals surface area contributed by atoms with E-state index in [-0.39, 0.29) is 34.4 Å². The number of rotatable bonds is 12. The first-order valence-corrected chi connectivity index (χ1v) is 18.6. The average molecular weight is 700 g/mol. The fourth-order valence-electron chi connectivity index (χ4n) is 5.46. The number of amides is 1. The lowest BCUT2D eigenvalue weighted by molar-refractivity contribution is 0.0956. The number of aromatic nitrogens is 1. The summed E-state index contributed by atoms with van der Waals surface area (Å²) in [6, 6.07) is 32.5. The Balaban J connectivity index is 1.42. The lowest BCUT2D eigenvalue weighted by atomic mass is 9.83. The number of sulfonamides is 1. The van der Waals surface area contributed by atoms with Gasteiger partial charge < -0.3 is 14.4 Å². The molecule has 0 bridgehead atoms. The van der Waals surface area contributed by atoms with Crippen molar-refractivity contribution in [3.05, 3.63) is 131 Å². The van der Waals surface area contributed by atoms with Crippen LogP contribution in [0.3, 0.4) is 0 Å².